The number of nitrogens with zero attached hydrogens (tertiary/aromatic N) is 3. The van der Waals surface area contributed by atoms with Gasteiger partial charge in [-0.2, -0.15) is 9.97 Å². The Hall–Kier alpha value is -3.68. The fraction of sp³-hybridized carbons (Fsp3) is 0.158. The van der Waals surface area contributed by atoms with E-state index in [1.165, 1.54) is 5.56 Å². The number of nitro groups is 1. The molecule has 0 aliphatic heterocycles. The summed E-state index contributed by atoms with van der Waals surface area (Å²) in [6.07, 6.45) is 0. The SMILES string of the molecule is Cc1ccc(CNc2nc(N)c([N+](=O)[O-])c(Nc3cccc(C)c3)n2)cc1. The van der Waals surface area contributed by atoms with Crippen LogP contribution >= 0.6 is 0 Å². The zero-order valence-electron chi connectivity index (χ0n) is 15.1. The van der Waals surface area contributed by atoms with Gasteiger partial charge in [-0.15, -0.1) is 0 Å². The molecule has 0 radical (unpaired) electrons. The zero-order chi connectivity index (χ0) is 19.4. The molecule has 0 bridgehead atoms. The summed E-state index contributed by atoms with van der Waals surface area (Å²) in [5.74, 6) is 0.0647. The summed E-state index contributed by atoms with van der Waals surface area (Å²) in [5, 5.41) is 17.4. The molecule has 0 unspecified atom stereocenters. The Morgan fingerprint density at radius 2 is 1.81 bits per heavy atom. The predicted octanol–water partition coefficient (Wildman–Crippen LogP) is 3.94. The van der Waals surface area contributed by atoms with Crippen LogP contribution < -0.4 is 16.4 Å². The molecule has 0 atom stereocenters. The molecule has 0 amide bonds. The lowest BCUT2D eigenvalue weighted by Gasteiger charge is -2.11. The van der Waals surface area contributed by atoms with Crippen LogP contribution in [-0.4, -0.2) is 14.9 Å². The van der Waals surface area contributed by atoms with Crippen molar-refractivity contribution in [3.05, 3.63) is 75.3 Å². The first kappa shape index (κ1) is 18.1. The highest BCUT2D eigenvalue weighted by atomic mass is 16.6. The van der Waals surface area contributed by atoms with Crippen molar-refractivity contribution in [3.8, 4) is 0 Å². The minimum atomic E-state index is -0.586. The van der Waals surface area contributed by atoms with E-state index < -0.39 is 4.92 Å². The van der Waals surface area contributed by atoms with Gasteiger partial charge in [0.05, 0.1) is 4.92 Å². The van der Waals surface area contributed by atoms with Crippen LogP contribution in [0.3, 0.4) is 0 Å². The Labute approximate surface area is 156 Å². The van der Waals surface area contributed by atoms with Crippen LogP contribution in [0.1, 0.15) is 16.7 Å². The molecule has 2 aromatic carbocycles. The van der Waals surface area contributed by atoms with Gasteiger partial charge in [-0.1, -0.05) is 42.0 Å². The van der Waals surface area contributed by atoms with Crippen molar-refractivity contribution < 1.29 is 4.92 Å². The van der Waals surface area contributed by atoms with Gasteiger partial charge in [-0.3, -0.25) is 10.1 Å². The standard InChI is InChI=1S/C19H20N6O2/c1-12-6-8-14(9-7-12)11-21-19-23-17(20)16(25(26)27)18(24-19)22-15-5-3-4-13(2)10-15/h3-10H,11H2,1-2H3,(H4,20,21,22,23,24). The van der Waals surface area contributed by atoms with Crippen LogP contribution in [-0.2, 0) is 6.54 Å². The number of nitrogen functional groups attached to an aromatic ring is 1. The molecule has 0 aliphatic carbocycles. The zero-order valence-corrected chi connectivity index (χ0v) is 15.1. The van der Waals surface area contributed by atoms with Gasteiger partial charge in [0.2, 0.25) is 17.6 Å². The highest BCUT2D eigenvalue weighted by molar-refractivity contribution is 5.74. The topological polar surface area (TPSA) is 119 Å². The normalized spacial score (nSPS) is 10.4. The maximum Gasteiger partial charge on any atom is 0.353 e. The van der Waals surface area contributed by atoms with Crippen molar-refractivity contribution in [2.45, 2.75) is 20.4 Å². The Bertz CT molecular complexity index is 972. The fourth-order valence-electron chi connectivity index (χ4n) is 2.56. The molecule has 0 fully saturated rings. The second-order valence-electron chi connectivity index (χ2n) is 6.22. The van der Waals surface area contributed by atoms with Crippen LogP contribution in [0, 0.1) is 24.0 Å². The second kappa shape index (κ2) is 7.69. The van der Waals surface area contributed by atoms with Gasteiger partial charge in [-0.25, -0.2) is 0 Å². The van der Waals surface area contributed by atoms with Gasteiger partial charge in [0.25, 0.3) is 0 Å². The molecule has 8 nitrogen and oxygen atoms in total. The molecular weight excluding hydrogens is 344 g/mol. The van der Waals surface area contributed by atoms with Crippen molar-refractivity contribution in [3.63, 3.8) is 0 Å². The predicted molar refractivity (Wildman–Crippen MR) is 106 cm³/mol. The average molecular weight is 364 g/mol. The number of rotatable bonds is 6. The third-order valence-electron chi connectivity index (χ3n) is 3.95. The van der Waals surface area contributed by atoms with Crippen LogP contribution in [0.2, 0.25) is 0 Å². The Balaban J connectivity index is 1.88. The van der Waals surface area contributed by atoms with Gasteiger partial charge in [-0.05, 0) is 37.1 Å². The van der Waals surface area contributed by atoms with E-state index >= 15 is 0 Å². The van der Waals surface area contributed by atoms with Crippen molar-refractivity contribution >= 4 is 29.0 Å². The van der Waals surface area contributed by atoms with Crippen LogP contribution in [0.25, 0.3) is 0 Å². The van der Waals surface area contributed by atoms with E-state index in [-0.39, 0.29) is 23.3 Å². The van der Waals surface area contributed by atoms with E-state index in [9.17, 15) is 10.1 Å². The van der Waals surface area contributed by atoms with Gasteiger partial charge < -0.3 is 16.4 Å². The lowest BCUT2D eigenvalue weighted by atomic mass is 10.1. The number of nitrogens with two attached hydrogens (primary N) is 1. The summed E-state index contributed by atoms with van der Waals surface area (Å²) in [6.45, 7) is 4.42. The third kappa shape index (κ3) is 4.49. The third-order valence-corrected chi connectivity index (χ3v) is 3.95. The van der Waals surface area contributed by atoms with Crippen molar-refractivity contribution in [2.75, 3.05) is 16.4 Å². The molecular formula is C19H20N6O2. The monoisotopic (exact) mass is 364 g/mol. The summed E-state index contributed by atoms with van der Waals surface area (Å²) in [6, 6.07) is 15.4. The lowest BCUT2D eigenvalue weighted by Crippen LogP contribution is -2.10. The van der Waals surface area contributed by atoms with Crippen molar-refractivity contribution in [2.24, 2.45) is 0 Å². The molecule has 1 heterocycles. The molecule has 138 valence electrons. The molecule has 8 heteroatoms. The molecule has 4 N–H and O–H groups in total. The van der Waals surface area contributed by atoms with Gasteiger partial charge >= 0.3 is 5.69 Å². The molecule has 3 aromatic rings. The van der Waals surface area contributed by atoms with Crippen LogP contribution in [0.15, 0.2) is 48.5 Å². The minimum Gasteiger partial charge on any atom is -0.378 e. The number of nitrogens with one attached hydrogen (secondary N) is 2. The summed E-state index contributed by atoms with van der Waals surface area (Å²) >= 11 is 0. The van der Waals surface area contributed by atoms with E-state index in [1.54, 1.807) is 6.07 Å². The summed E-state index contributed by atoms with van der Waals surface area (Å²) in [4.78, 5) is 19.1. The number of aryl methyl sites for hydroxylation is 2. The van der Waals surface area contributed by atoms with Gasteiger partial charge in [0.1, 0.15) is 0 Å². The number of hydrogen-bond acceptors (Lipinski definition) is 7. The van der Waals surface area contributed by atoms with E-state index in [2.05, 4.69) is 20.6 Å². The smallest absolute Gasteiger partial charge is 0.353 e. The van der Waals surface area contributed by atoms with Crippen LogP contribution in [0.5, 0.6) is 0 Å². The van der Waals surface area contributed by atoms with Gasteiger partial charge in [0.15, 0.2) is 0 Å². The van der Waals surface area contributed by atoms with Crippen molar-refractivity contribution in [1.29, 1.82) is 0 Å². The maximum atomic E-state index is 11.4. The largest absolute Gasteiger partial charge is 0.378 e. The molecule has 0 saturated heterocycles. The molecule has 27 heavy (non-hydrogen) atoms. The summed E-state index contributed by atoms with van der Waals surface area (Å²) in [5.41, 5.74) is 9.37. The number of hydrogen-bond donors (Lipinski definition) is 3. The first-order valence-electron chi connectivity index (χ1n) is 8.37. The quantitative estimate of drug-likeness (QED) is 0.447. The summed E-state index contributed by atoms with van der Waals surface area (Å²) in [7, 11) is 0. The highest BCUT2D eigenvalue weighted by Gasteiger charge is 2.23. The lowest BCUT2D eigenvalue weighted by molar-refractivity contribution is -0.383. The number of benzene rings is 2. The van der Waals surface area contributed by atoms with Gasteiger partial charge in [0, 0.05) is 12.2 Å². The molecule has 0 aliphatic rings. The number of anilines is 4. The average Bonchev–Trinajstić information content (AvgIpc) is 2.60. The number of aromatic nitrogens is 2. The van der Waals surface area contributed by atoms with Crippen LogP contribution in [0.4, 0.5) is 29.0 Å². The Morgan fingerprint density at radius 3 is 2.48 bits per heavy atom. The summed E-state index contributed by atoms with van der Waals surface area (Å²) < 4.78 is 0. The van der Waals surface area contributed by atoms with E-state index in [0.717, 1.165) is 11.1 Å². The maximum absolute atomic E-state index is 11.4. The Kier molecular flexibility index (Phi) is 5.16. The van der Waals surface area contributed by atoms with E-state index in [1.807, 2.05) is 56.3 Å². The van der Waals surface area contributed by atoms with Crippen molar-refractivity contribution in [1.82, 2.24) is 9.97 Å². The highest BCUT2D eigenvalue weighted by Crippen LogP contribution is 2.31. The second-order valence-corrected chi connectivity index (χ2v) is 6.22. The molecule has 1 aromatic heterocycles. The van der Waals surface area contributed by atoms with E-state index in [4.69, 9.17) is 5.73 Å². The first-order valence-corrected chi connectivity index (χ1v) is 8.37. The Morgan fingerprint density at radius 1 is 1.07 bits per heavy atom. The van der Waals surface area contributed by atoms with E-state index in [0.29, 0.717) is 12.2 Å². The fourth-order valence-corrected chi connectivity index (χ4v) is 2.56. The molecule has 3 rings (SSSR count). The minimum absolute atomic E-state index is 0.0458. The molecule has 0 saturated carbocycles. The molecule has 0 spiro atoms. The first-order chi connectivity index (χ1) is 12.9.